The summed E-state index contributed by atoms with van der Waals surface area (Å²) in [5, 5.41) is 13.9. The molecule has 22 heavy (non-hydrogen) atoms. The second-order valence-corrected chi connectivity index (χ2v) is 4.89. The number of ether oxygens (including phenoxy) is 1. The third-order valence-corrected chi connectivity index (χ3v) is 3.20. The molecule has 1 amide bonds. The van der Waals surface area contributed by atoms with Gasteiger partial charge >= 0.3 is 0 Å². The molecule has 124 valence electrons. The van der Waals surface area contributed by atoms with Gasteiger partial charge in [0, 0.05) is 18.5 Å². The Morgan fingerprint density at radius 1 is 1.45 bits per heavy atom. The number of amides is 1. The highest BCUT2D eigenvalue weighted by atomic mass is 35.5. The van der Waals surface area contributed by atoms with E-state index in [1.54, 1.807) is 24.3 Å². The van der Waals surface area contributed by atoms with Crippen molar-refractivity contribution < 1.29 is 23.4 Å². The zero-order valence-corrected chi connectivity index (χ0v) is 12.7. The van der Waals surface area contributed by atoms with E-state index >= 15 is 0 Å². The van der Waals surface area contributed by atoms with Crippen LogP contribution in [0.3, 0.4) is 0 Å². The second kappa shape index (κ2) is 8.26. The SMILES string of the molecule is Cl.O=C(NCc1ccccc1OCCO)C1CC(F)(F)CN1. The molecule has 1 aliphatic rings. The first kappa shape index (κ1) is 18.6. The number of nitrogens with one attached hydrogen (secondary N) is 2. The molecule has 0 spiro atoms. The number of hydrogen-bond donors (Lipinski definition) is 3. The lowest BCUT2D eigenvalue weighted by Gasteiger charge is -2.14. The van der Waals surface area contributed by atoms with Crippen molar-refractivity contribution in [3.8, 4) is 5.75 Å². The lowest BCUT2D eigenvalue weighted by molar-refractivity contribution is -0.123. The maximum atomic E-state index is 13.0. The maximum absolute atomic E-state index is 13.0. The van der Waals surface area contributed by atoms with Gasteiger partial charge in [-0.1, -0.05) is 18.2 Å². The molecule has 0 radical (unpaired) electrons. The molecule has 1 heterocycles. The van der Waals surface area contributed by atoms with E-state index < -0.39 is 30.8 Å². The Morgan fingerprint density at radius 2 is 2.18 bits per heavy atom. The number of carbonyl (C=O) groups excluding carboxylic acids is 1. The van der Waals surface area contributed by atoms with Crippen LogP contribution in [0, 0.1) is 0 Å². The van der Waals surface area contributed by atoms with E-state index in [9.17, 15) is 13.6 Å². The van der Waals surface area contributed by atoms with E-state index in [-0.39, 0.29) is 32.2 Å². The van der Waals surface area contributed by atoms with Gasteiger partial charge in [0.05, 0.1) is 19.2 Å². The Kier molecular flexibility index (Phi) is 6.99. The summed E-state index contributed by atoms with van der Waals surface area (Å²) in [5.41, 5.74) is 0.726. The van der Waals surface area contributed by atoms with E-state index in [4.69, 9.17) is 9.84 Å². The van der Waals surface area contributed by atoms with Crippen molar-refractivity contribution in [3.05, 3.63) is 29.8 Å². The molecule has 3 N–H and O–H groups in total. The van der Waals surface area contributed by atoms with Crippen LogP contribution in [-0.4, -0.2) is 42.7 Å². The van der Waals surface area contributed by atoms with E-state index in [0.29, 0.717) is 5.75 Å². The van der Waals surface area contributed by atoms with Gasteiger partial charge in [0.2, 0.25) is 5.91 Å². The summed E-state index contributed by atoms with van der Waals surface area (Å²) in [6.45, 7) is -0.241. The average Bonchev–Trinajstić information content (AvgIpc) is 2.83. The van der Waals surface area contributed by atoms with Gasteiger partial charge in [0.25, 0.3) is 5.92 Å². The first-order valence-corrected chi connectivity index (χ1v) is 6.72. The number of halogens is 3. The van der Waals surface area contributed by atoms with Crippen molar-refractivity contribution in [1.82, 2.24) is 10.6 Å². The van der Waals surface area contributed by atoms with Crippen LogP contribution >= 0.6 is 12.4 Å². The number of para-hydroxylation sites is 1. The van der Waals surface area contributed by atoms with Crippen molar-refractivity contribution in [2.24, 2.45) is 0 Å². The van der Waals surface area contributed by atoms with Gasteiger partial charge in [0.15, 0.2) is 0 Å². The van der Waals surface area contributed by atoms with Gasteiger partial charge in [-0.25, -0.2) is 8.78 Å². The second-order valence-electron chi connectivity index (χ2n) is 4.89. The fraction of sp³-hybridized carbons (Fsp3) is 0.500. The molecule has 8 heteroatoms. The molecule has 1 saturated heterocycles. The molecule has 1 unspecified atom stereocenters. The van der Waals surface area contributed by atoms with Crippen LogP contribution in [0.2, 0.25) is 0 Å². The summed E-state index contributed by atoms with van der Waals surface area (Å²) in [5.74, 6) is -2.73. The van der Waals surface area contributed by atoms with Crippen LogP contribution in [-0.2, 0) is 11.3 Å². The fourth-order valence-electron chi connectivity index (χ4n) is 2.15. The molecular weight excluding hydrogens is 318 g/mol. The predicted molar refractivity (Wildman–Crippen MR) is 79.5 cm³/mol. The van der Waals surface area contributed by atoms with Gasteiger partial charge < -0.3 is 15.2 Å². The average molecular weight is 337 g/mol. The van der Waals surface area contributed by atoms with Crippen molar-refractivity contribution in [2.45, 2.75) is 24.9 Å². The maximum Gasteiger partial charge on any atom is 0.262 e. The molecule has 1 fully saturated rings. The Bertz CT molecular complexity index is 503. The van der Waals surface area contributed by atoms with Crippen molar-refractivity contribution in [2.75, 3.05) is 19.8 Å². The third-order valence-electron chi connectivity index (χ3n) is 3.20. The van der Waals surface area contributed by atoms with Gasteiger partial charge in [0.1, 0.15) is 12.4 Å². The van der Waals surface area contributed by atoms with Gasteiger partial charge in [-0.2, -0.15) is 0 Å². The monoisotopic (exact) mass is 336 g/mol. The van der Waals surface area contributed by atoms with E-state index in [1.165, 1.54) is 0 Å². The first-order valence-electron chi connectivity index (χ1n) is 6.72. The molecule has 0 saturated carbocycles. The van der Waals surface area contributed by atoms with Crippen LogP contribution in [0.4, 0.5) is 8.78 Å². The summed E-state index contributed by atoms with van der Waals surface area (Å²) in [4.78, 5) is 11.8. The highest BCUT2D eigenvalue weighted by Crippen LogP contribution is 2.25. The minimum atomic E-state index is -2.83. The zero-order valence-electron chi connectivity index (χ0n) is 11.9. The molecule has 1 aromatic carbocycles. The Hall–Kier alpha value is -1.44. The number of benzene rings is 1. The van der Waals surface area contributed by atoms with Crippen LogP contribution in [0.15, 0.2) is 24.3 Å². The van der Waals surface area contributed by atoms with Crippen LogP contribution in [0.5, 0.6) is 5.75 Å². The van der Waals surface area contributed by atoms with Crippen molar-refractivity contribution in [1.29, 1.82) is 0 Å². The van der Waals surface area contributed by atoms with Crippen molar-refractivity contribution in [3.63, 3.8) is 0 Å². The Balaban J connectivity index is 0.00000242. The van der Waals surface area contributed by atoms with Gasteiger partial charge in [-0.05, 0) is 6.07 Å². The first-order chi connectivity index (χ1) is 10.0. The molecule has 5 nitrogen and oxygen atoms in total. The lowest BCUT2D eigenvalue weighted by atomic mass is 10.1. The smallest absolute Gasteiger partial charge is 0.262 e. The molecule has 2 rings (SSSR count). The summed E-state index contributed by atoms with van der Waals surface area (Å²) < 4.78 is 31.4. The minimum Gasteiger partial charge on any atom is -0.491 e. The molecule has 0 aliphatic carbocycles. The van der Waals surface area contributed by atoms with Crippen LogP contribution in [0.1, 0.15) is 12.0 Å². The Labute approximate surface area is 133 Å². The number of aliphatic hydroxyl groups excluding tert-OH is 1. The number of hydrogen-bond acceptors (Lipinski definition) is 4. The topological polar surface area (TPSA) is 70.6 Å². The standard InChI is InChI=1S/C14H18F2N2O3.ClH/c15-14(16)7-11(18-9-14)13(20)17-8-10-3-1-2-4-12(10)21-6-5-19;/h1-4,11,18-19H,5-9H2,(H,17,20);1H. The quantitative estimate of drug-likeness (QED) is 0.727. The number of rotatable bonds is 6. The summed E-state index contributed by atoms with van der Waals surface area (Å²) in [6, 6.07) is 6.18. The van der Waals surface area contributed by atoms with E-state index in [1.807, 2.05) is 0 Å². The molecule has 0 aromatic heterocycles. The van der Waals surface area contributed by atoms with E-state index in [0.717, 1.165) is 5.56 Å². The van der Waals surface area contributed by atoms with Crippen molar-refractivity contribution >= 4 is 18.3 Å². The van der Waals surface area contributed by atoms with Crippen LogP contribution < -0.4 is 15.4 Å². The van der Waals surface area contributed by atoms with Gasteiger partial charge in [-0.15, -0.1) is 12.4 Å². The molecular formula is C14H19ClF2N2O3. The zero-order chi connectivity index (χ0) is 15.3. The van der Waals surface area contributed by atoms with E-state index in [2.05, 4.69) is 10.6 Å². The summed E-state index contributed by atoms with van der Waals surface area (Å²) in [6.07, 6.45) is -0.485. The molecule has 1 aliphatic heterocycles. The number of carbonyl (C=O) groups is 1. The van der Waals surface area contributed by atoms with Crippen LogP contribution in [0.25, 0.3) is 0 Å². The van der Waals surface area contributed by atoms with Gasteiger partial charge in [-0.3, -0.25) is 10.1 Å². The highest BCUT2D eigenvalue weighted by molar-refractivity contribution is 5.85. The predicted octanol–water partition coefficient (Wildman–Crippen LogP) is 1.09. The third kappa shape index (κ3) is 5.08. The summed E-state index contributed by atoms with van der Waals surface area (Å²) >= 11 is 0. The molecule has 1 aromatic rings. The molecule has 0 bridgehead atoms. The normalized spacial score (nSPS) is 19.3. The highest BCUT2D eigenvalue weighted by Gasteiger charge is 2.42. The fourth-order valence-corrected chi connectivity index (χ4v) is 2.15. The number of alkyl halides is 2. The largest absolute Gasteiger partial charge is 0.491 e. The number of aliphatic hydroxyl groups is 1. The minimum absolute atomic E-state index is 0. The molecule has 1 atom stereocenters. The Morgan fingerprint density at radius 3 is 2.82 bits per heavy atom. The summed E-state index contributed by atoms with van der Waals surface area (Å²) in [7, 11) is 0. The lowest BCUT2D eigenvalue weighted by Crippen LogP contribution is -2.40.